The van der Waals surface area contributed by atoms with Gasteiger partial charge in [0.1, 0.15) is 0 Å². The summed E-state index contributed by atoms with van der Waals surface area (Å²) in [7, 11) is 0. The number of hydrogen-bond acceptors (Lipinski definition) is 2. The van der Waals surface area contributed by atoms with Crippen LogP contribution >= 0.6 is 0 Å². The molecule has 0 radical (unpaired) electrons. The van der Waals surface area contributed by atoms with Crippen LogP contribution in [0.1, 0.15) is 11.1 Å². The quantitative estimate of drug-likeness (QED) is 0.943. The Labute approximate surface area is 120 Å². The van der Waals surface area contributed by atoms with Gasteiger partial charge in [-0.15, -0.1) is 0 Å². The molecule has 0 aliphatic heterocycles. The Morgan fingerprint density at radius 3 is 2.62 bits per heavy atom. The SMILES string of the molecule is NC(=O)C(F)(F)C1Cc2ccc(-c3ccccn3)cc2C1. The molecule has 108 valence electrons. The standard InChI is InChI=1S/C16H14F2N2O/c17-16(18,15(19)21)13-8-10-4-5-11(7-12(10)9-13)14-3-1-2-6-20-14/h1-7,13H,8-9H2,(H2,19,21). The van der Waals surface area contributed by atoms with Gasteiger partial charge in [-0.2, -0.15) is 8.78 Å². The van der Waals surface area contributed by atoms with Crippen LogP contribution in [0.3, 0.4) is 0 Å². The van der Waals surface area contributed by atoms with Gasteiger partial charge in [0.25, 0.3) is 5.91 Å². The first kappa shape index (κ1) is 13.7. The van der Waals surface area contributed by atoms with Crippen LogP contribution in [-0.2, 0) is 17.6 Å². The lowest BCUT2D eigenvalue weighted by Crippen LogP contribution is -2.42. The molecule has 1 heterocycles. The first-order valence-electron chi connectivity index (χ1n) is 6.69. The maximum Gasteiger partial charge on any atom is 0.327 e. The van der Waals surface area contributed by atoms with Crippen LogP contribution in [0.5, 0.6) is 0 Å². The number of nitrogens with two attached hydrogens (primary N) is 1. The van der Waals surface area contributed by atoms with E-state index in [2.05, 4.69) is 4.98 Å². The molecule has 1 unspecified atom stereocenters. The van der Waals surface area contributed by atoms with Gasteiger partial charge in [-0.3, -0.25) is 9.78 Å². The summed E-state index contributed by atoms with van der Waals surface area (Å²) in [5.74, 6) is -6.07. The van der Waals surface area contributed by atoms with Gasteiger partial charge in [-0.05, 0) is 42.2 Å². The van der Waals surface area contributed by atoms with E-state index < -0.39 is 17.7 Å². The van der Waals surface area contributed by atoms with E-state index >= 15 is 0 Å². The van der Waals surface area contributed by atoms with Gasteiger partial charge in [0, 0.05) is 17.7 Å². The maximum absolute atomic E-state index is 13.8. The summed E-state index contributed by atoms with van der Waals surface area (Å²) in [6.07, 6.45) is 2.02. The van der Waals surface area contributed by atoms with Crippen molar-refractivity contribution in [2.24, 2.45) is 11.7 Å². The van der Waals surface area contributed by atoms with Crippen LogP contribution < -0.4 is 5.73 Å². The molecule has 0 saturated carbocycles. The monoisotopic (exact) mass is 288 g/mol. The highest BCUT2D eigenvalue weighted by Crippen LogP contribution is 2.38. The largest absolute Gasteiger partial charge is 0.364 e. The molecule has 0 saturated heterocycles. The lowest BCUT2D eigenvalue weighted by Gasteiger charge is -2.18. The average Bonchev–Trinajstić information content (AvgIpc) is 2.91. The third-order valence-corrected chi connectivity index (χ3v) is 3.94. The number of halogens is 2. The molecule has 21 heavy (non-hydrogen) atoms. The molecule has 3 rings (SSSR count). The summed E-state index contributed by atoms with van der Waals surface area (Å²) in [5, 5.41) is 0. The van der Waals surface area contributed by atoms with E-state index in [0.29, 0.717) is 0 Å². The highest BCUT2D eigenvalue weighted by Gasteiger charge is 2.47. The summed E-state index contributed by atoms with van der Waals surface area (Å²) >= 11 is 0. The Bertz CT molecular complexity index is 686. The first-order chi connectivity index (χ1) is 9.98. The summed E-state index contributed by atoms with van der Waals surface area (Å²) in [5.41, 5.74) is 8.17. The number of nitrogens with zero attached hydrogens (tertiary/aromatic N) is 1. The molecule has 0 fully saturated rings. The first-order valence-corrected chi connectivity index (χ1v) is 6.69. The molecule has 2 aromatic rings. The van der Waals surface area contributed by atoms with E-state index in [1.165, 1.54) is 0 Å². The predicted molar refractivity (Wildman–Crippen MR) is 74.7 cm³/mol. The molecule has 1 atom stereocenters. The van der Waals surface area contributed by atoms with Crippen LogP contribution in [0, 0.1) is 5.92 Å². The molecule has 0 bridgehead atoms. The van der Waals surface area contributed by atoms with Crippen molar-refractivity contribution >= 4 is 5.91 Å². The van der Waals surface area contributed by atoms with Gasteiger partial charge in [0.05, 0.1) is 5.69 Å². The number of pyridine rings is 1. The van der Waals surface area contributed by atoms with E-state index in [9.17, 15) is 13.6 Å². The lowest BCUT2D eigenvalue weighted by molar-refractivity contribution is -0.149. The van der Waals surface area contributed by atoms with E-state index in [1.807, 2.05) is 36.4 Å². The lowest BCUT2D eigenvalue weighted by atomic mass is 9.97. The number of aromatic nitrogens is 1. The topological polar surface area (TPSA) is 56.0 Å². The number of fused-ring (bicyclic) bond motifs is 1. The van der Waals surface area contributed by atoms with Crippen molar-refractivity contribution in [1.82, 2.24) is 4.98 Å². The van der Waals surface area contributed by atoms with Crippen LogP contribution in [-0.4, -0.2) is 16.8 Å². The number of carbonyl (C=O) groups is 1. The minimum absolute atomic E-state index is 0.159. The van der Waals surface area contributed by atoms with Gasteiger partial charge >= 0.3 is 5.92 Å². The molecule has 5 heteroatoms. The van der Waals surface area contributed by atoms with Crippen molar-refractivity contribution in [2.75, 3.05) is 0 Å². The van der Waals surface area contributed by atoms with E-state index in [-0.39, 0.29) is 12.8 Å². The number of primary amides is 1. The molecular weight excluding hydrogens is 274 g/mol. The Hall–Kier alpha value is -2.30. The van der Waals surface area contributed by atoms with Crippen LogP contribution in [0.4, 0.5) is 8.78 Å². The minimum Gasteiger partial charge on any atom is -0.364 e. The number of alkyl halides is 2. The molecule has 1 amide bonds. The maximum atomic E-state index is 13.8. The van der Waals surface area contributed by atoms with Crippen molar-refractivity contribution in [1.29, 1.82) is 0 Å². The zero-order valence-electron chi connectivity index (χ0n) is 11.2. The van der Waals surface area contributed by atoms with Crippen molar-refractivity contribution in [3.8, 4) is 11.3 Å². The normalized spacial score (nSPS) is 17.5. The van der Waals surface area contributed by atoms with Crippen LogP contribution in [0.25, 0.3) is 11.3 Å². The second-order valence-corrected chi connectivity index (χ2v) is 5.29. The van der Waals surface area contributed by atoms with Crippen LogP contribution in [0.2, 0.25) is 0 Å². The Balaban J connectivity index is 1.90. The molecule has 2 N–H and O–H groups in total. The van der Waals surface area contributed by atoms with Gasteiger partial charge in [0.15, 0.2) is 0 Å². The van der Waals surface area contributed by atoms with Crippen molar-refractivity contribution < 1.29 is 13.6 Å². The fourth-order valence-electron chi connectivity index (χ4n) is 2.77. The molecule has 1 aliphatic rings. The zero-order chi connectivity index (χ0) is 15.0. The zero-order valence-corrected chi connectivity index (χ0v) is 11.2. The average molecular weight is 288 g/mol. The number of hydrogen-bond donors (Lipinski definition) is 1. The highest BCUT2D eigenvalue weighted by molar-refractivity contribution is 5.82. The Morgan fingerprint density at radius 2 is 1.95 bits per heavy atom. The summed E-state index contributed by atoms with van der Waals surface area (Å²) < 4.78 is 27.5. The fraction of sp³-hybridized carbons (Fsp3) is 0.250. The third-order valence-electron chi connectivity index (χ3n) is 3.94. The highest BCUT2D eigenvalue weighted by atomic mass is 19.3. The minimum atomic E-state index is -3.47. The molecule has 0 spiro atoms. The van der Waals surface area contributed by atoms with E-state index in [4.69, 9.17) is 5.73 Å². The van der Waals surface area contributed by atoms with Crippen molar-refractivity contribution in [3.05, 3.63) is 53.7 Å². The number of carbonyl (C=O) groups excluding carboxylic acids is 1. The molecule has 1 aromatic heterocycles. The second kappa shape index (κ2) is 4.91. The molecular formula is C16H14F2N2O. The van der Waals surface area contributed by atoms with E-state index in [1.54, 1.807) is 6.20 Å². The van der Waals surface area contributed by atoms with Crippen molar-refractivity contribution in [2.45, 2.75) is 18.8 Å². The second-order valence-electron chi connectivity index (χ2n) is 5.29. The molecule has 3 nitrogen and oxygen atoms in total. The van der Waals surface area contributed by atoms with Crippen molar-refractivity contribution in [3.63, 3.8) is 0 Å². The van der Waals surface area contributed by atoms with Gasteiger partial charge in [-0.1, -0.05) is 18.2 Å². The Kier molecular flexibility index (Phi) is 3.20. The summed E-state index contributed by atoms with van der Waals surface area (Å²) in [6, 6.07) is 11.1. The summed E-state index contributed by atoms with van der Waals surface area (Å²) in [4.78, 5) is 15.2. The predicted octanol–water partition coefficient (Wildman–Crippen LogP) is 2.58. The smallest absolute Gasteiger partial charge is 0.327 e. The number of rotatable bonds is 3. The Morgan fingerprint density at radius 1 is 1.19 bits per heavy atom. The molecule has 1 aliphatic carbocycles. The molecule has 1 aromatic carbocycles. The number of amides is 1. The van der Waals surface area contributed by atoms with Gasteiger partial charge in [0.2, 0.25) is 0 Å². The fourth-order valence-corrected chi connectivity index (χ4v) is 2.77. The van der Waals surface area contributed by atoms with Gasteiger partial charge in [-0.25, -0.2) is 0 Å². The van der Waals surface area contributed by atoms with Crippen LogP contribution in [0.15, 0.2) is 42.6 Å². The van der Waals surface area contributed by atoms with E-state index in [0.717, 1.165) is 22.4 Å². The number of benzene rings is 1. The summed E-state index contributed by atoms with van der Waals surface area (Å²) in [6.45, 7) is 0. The van der Waals surface area contributed by atoms with Gasteiger partial charge < -0.3 is 5.73 Å². The third kappa shape index (κ3) is 2.39.